The van der Waals surface area contributed by atoms with E-state index in [1.165, 1.54) is 34.8 Å². The lowest BCUT2D eigenvalue weighted by Gasteiger charge is -2.02. The number of hydrogen-bond acceptors (Lipinski definition) is 5. The summed E-state index contributed by atoms with van der Waals surface area (Å²) in [5.74, 6) is -0.363. The number of nitro groups is 1. The molecule has 0 aliphatic heterocycles. The SMILES string of the molecule is CCCn1c(=NC(=O)c2ccc(Cl)s2)sc2cc([N+](=O)[O-])ccc21. The van der Waals surface area contributed by atoms with E-state index in [4.69, 9.17) is 11.6 Å². The molecule has 2 aromatic heterocycles. The summed E-state index contributed by atoms with van der Waals surface area (Å²) < 4.78 is 3.17. The van der Waals surface area contributed by atoms with E-state index in [1.807, 2.05) is 11.5 Å². The highest BCUT2D eigenvalue weighted by molar-refractivity contribution is 7.18. The van der Waals surface area contributed by atoms with E-state index in [1.54, 1.807) is 18.2 Å². The number of hydrogen-bond donors (Lipinski definition) is 0. The number of halogens is 1. The van der Waals surface area contributed by atoms with Gasteiger partial charge in [0.25, 0.3) is 11.6 Å². The van der Waals surface area contributed by atoms with E-state index in [0.29, 0.717) is 20.6 Å². The summed E-state index contributed by atoms with van der Waals surface area (Å²) in [4.78, 5) is 28.0. The zero-order chi connectivity index (χ0) is 17.3. The number of carbonyl (C=O) groups is 1. The van der Waals surface area contributed by atoms with Crippen LogP contribution in [0.5, 0.6) is 0 Å². The van der Waals surface area contributed by atoms with Crippen molar-refractivity contribution in [1.82, 2.24) is 4.57 Å². The minimum atomic E-state index is -0.432. The van der Waals surface area contributed by atoms with Crippen molar-refractivity contribution in [2.45, 2.75) is 19.9 Å². The smallest absolute Gasteiger partial charge is 0.289 e. The quantitative estimate of drug-likeness (QED) is 0.493. The van der Waals surface area contributed by atoms with Crippen molar-refractivity contribution >= 4 is 56.1 Å². The van der Waals surface area contributed by atoms with Crippen LogP contribution in [0.4, 0.5) is 5.69 Å². The lowest BCUT2D eigenvalue weighted by atomic mass is 10.3. The van der Waals surface area contributed by atoms with Gasteiger partial charge in [-0.2, -0.15) is 4.99 Å². The van der Waals surface area contributed by atoms with Gasteiger partial charge >= 0.3 is 0 Å². The normalized spacial score (nSPS) is 12.0. The van der Waals surface area contributed by atoms with Crippen LogP contribution < -0.4 is 4.80 Å². The molecule has 6 nitrogen and oxygen atoms in total. The largest absolute Gasteiger partial charge is 0.316 e. The maximum absolute atomic E-state index is 12.3. The summed E-state index contributed by atoms with van der Waals surface area (Å²) in [5, 5.41) is 10.9. The predicted molar refractivity (Wildman–Crippen MR) is 96.0 cm³/mol. The van der Waals surface area contributed by atoms with Crippen molar-refractivity contribution in [3.05, 3.63) is 54.5 Å². The van der Waals surface area contributed by atoms with Gasteiger partial charge in [0.05, 0.1) is 24.4 Å². The number of thiophene rings is 1. The molecule has 9 heteroatoms. The molecule has 24 heavy (non-hydrogen) atoms. The van der Waals surface area contributed by atoms with Crippen molar-refractivity contribution in [3.63, 3.8) is 0 Å². The van der Waals surface area contributed by atoms with E-state index in [9.17, 15) is 14.9 Å². The second-order valence-corrected chi connectivity index (χ2v) is 7.69. The molecule has 3 rings (SSSR count). The molecule has 1 aromatic carbocycles. The summed E-state index contributed by atoms with van der Waals surface area (Å²) in [5.41, 5.74) is 0.860. The van der Waals surface area contributed by atoms with Crippen LogP contribution >= 0.6 is 34.3 Å². The first-order valence-electron chi connectivity index (χ1n) is 7.11. The Balaban J connectivity index is 2.15. The van der Waals surface area contributed by atoms with Crippen LogP contribution in [0, 0.1) is 10.1 Å². The lowest BCUT2D eigenvalue weighted by Crippen LogP contribution is -2.16. The number of fused-ring (bicyclic) bond motifs is 1. The average molecular weight is 382 g/mol. The topological polar surface area (TPSA) is 77.5 Å². The fraction of sp³-hybridized carbons (Fsp3) is 0.200. The number of benzene rings is 1. The van der Waals surface area contributed by atoms with Crippen LogP contribution in [0.15, 0.2) is 35.3 Å². The number of thiazole rings is 1. The van der Waals surface area contributed by atoms with Gasteiger partial charge in [-0.3, -0.25) is 14.9 Å². The molecule has 0 atom stereocenters. The van der Waals surface area contributed by atoms with Gasteiger partial charge < -0.3 is 4.57 Å². The zero-order valence-electron chi connectivity index (χ0n) is 12.6. The monoisotopic (exact) mass is 381 g/mol. The molecule has 3 aromatic rings. The molecule has 0 fully saturated rings. The number of carbonyl (C=O) groups excluding carboxylic acids is 1. The van der Waals surface area contributed by atoms with E-state index >= 15 is 0 Å². The Hall–Kier alpha value is -2.03. The maximum atomic E-state index is 12.3. The fourth-order valence-electron chi connectivity index (χ4n) is 2.27. The first kappa shape index (κ1) is 16.8. The van der Waals surface area contributed by atoms with Crippen molar-refractivity contribution < 1.29 is 9.72 Å². The third-order valence-corrected chi connectivity index (χ3v) is 5.57. The number of amides is 1. The highest BCUT2D eigenvalue weighted by atomic mass is 35.5. The molecule has 0 saturated carbocycles. The molecular weight excluding hydrogens is 370 g/mol. The number of aryl methyl sites for hydroxylation is 1. The van der Waals surface area contributed by atoms with Crippen molar-refractivity contribution in [2.75, 3.05) is 0 Å². The van der Waals surface area contributed by atoms with Crippen LogP contribution in [0.25, 0.3) is 10.2 Å². The van der Waals surface area contributed by atoms with E-state index < -0.39 is 4.92 Å². The summed E-state index contributed by atoms with van der Waals surface area (Å²) in [7, 11) is 0. The standard InChI is InChI=1S/C15H12ClN3O3S2/c1-2-7-18-10-4-3-9(19(21)22)8-12(10)24-15(18)17-14(20)11-5-6-13(16)23-11/h3-6,8H,2,7H2,1H3. The van der Waals surface area contributed by atoms with Crippen LogP contribution in [-0.4, -0.2) is 15.4 Å². The van der Waals surface area contributed by atoms with Crippen molar-refractivity contribution in [3.8, 4) is 0 Å². The average Bonchev–Trinajstić information content (AvgIpc) is 3.11. The molecule has 0 N–H and O–H groups in total. The van der Waals surface area contributed by atoms with Gasteiger partial charge in [-0.15, -0.1) is 11.3 Å². The van der Waals surface area contributed by atoms with Crippen LogP contribution in [0.1, 0.15) is 23.0 Å². The minimum Gasteiger partial charge on any atom is -0.316 e. The van der Waals surface area contributed by atoms with Gasteiger partial charge in [0.2, 0.25) is 0 Å². The second kappa shape index (κ2) is 6.84. The Labute approximate surface area is 149 Å². The second-order valence-electron chi connectivity index (χ2n) is 4.97. The number of rotatable bonds is 4. The minimum absolute atomic E-state index is 0.0234. The molecule has 0 aliphatic carbocycles. The van der Waals surface area contributed by atoms with Gasteiger partial charge in [0, 0.05) is 18.7 Å². The zero-order valence-corrected chi connectivity index (χ0v) is 15.0. The molecule has 2 heterocycles. The number of nitrogens with zero attached hydrogens (tertiary/aromatic N) is 3. The number of aromatic nitrogens is 1. The number of nitro benzene ring substituents is 1. The molecule has 0 bridgehead atoms. The van der Waals surface area contributed by atoms with Crippen LogP contribution in [0.2, 0.25) is 4.34 Å². The Morgan fingerprint density at radius 3 is 2.75 bits per heavy atom. The Morgan fingerprint density at radius 2 is 2.12 bits per heavy atom. The number of non-ortho nitro benzene ring substituents is 1. The first-order valence-corrected chi connectivity index (χ1v) is 9.13. The molecule has 0 aliphatic rings. The maximum Gasteiger partial charge on any atom is 0.289 e. The van der Waals surface area contributed by atoms with Gasteiger partial charge in [0.15, 0.2) is 4.80 Å². The predicted octanol–water partition coefficient (Wildman–Crippen LogP) is 4.48. The van der Waals surface area contributed by atoms with E-state index in [0.717, 1.165) is 16.6 Å². The van der Waals surface area contributed by atoms with E-state index in [2.05, 4.69) is 4.99 Å². The van der Waals surface area contributed by atoms with Crippen LogP contribution in [-0.2, 0) is 6.54 Å². The molecule has 0 spiro atoms. The summed E-state index contributed by atoms with van der Waals surface area (Å²) in [6.45, 7) is 2.70. The van der Waals surface area contributed by atoms with E-state index in [-0.39, 0.29) is 11.6 Å². The fourth-order valence-corrected chi connectivity index (χ4v) is 4.29. The third kappa shape index (κ3) is 3.26. The summed E-state index contributed by atoms with van der Waals surface area (Å²) in [6, 6.07) is 7.97. The summed E-state index contributed by atoms with van der Waals surface area (Å²) in [6.07, 6.45) is 0.856. The highest BCUT2D eigenvalue weighted by Gasteiger charge is 2.13. The summed E-state index contributed by atoms with van der Waals surface area (Å²) >= 11 is 8.30. The molecule has 124 valence electrons. The molecule has 1 amide bonds. The van der Waals surface area contributed by atoms with Gasteiger partial charge in [-0.05, 0) is 24.6 Å². The van der Waals surface area contributed by atoms with Gasteiger partial charge in [-0.25, -0.2) is 0 Å². The Kier molecular flexibility index (Phi) is 4.79. The van der Waals surface area contributed by atoms with Crippen LogP contribution in [0.3, 0.4) is 0 Å². The molecular formula is C15H12ClN3O3S2. The Morgan fingerprint density at radius 1 is 1.33 bits per heavy atom. The van der Waals surface area contributed by atoms with Crippen molar-refractivity contribution in [2.24, 2.45) is 4.99 Å². The molecule has 0 radical (unpaired) electrons. The van der Waals surface area contributed by atoms with Crippen molar-refractivity contribution in [1.29, 1.82) is 0 Å². The molecule has 0 saturated heterocycles. The first-order chi connectivity index (χ1) is 11.5. The molecule has 0 unspecified atom stereocenters. The van der Waals surface area contributed by atoms with Gasteiger partial charge in [-0.1, -0.05) is 29.9 Å². The third-order valence-electron chi connectivity index (χ3n) is 3.31. The lowest BCUT2D eigenvalue weighted by molar-refractivity contribution is -0.384. The van der Waals surface area contributed by atoms with Gasteiger partial charge in [0.1, 0.15) is 0 Å². The highest BCUT2D eigenvalue weighted by Crippen LogP contribution is 2.24. The Bertz CT molecular complexity index is 1000.